The van der Waals surface area contributed by atoms with Crippen molar-refractivity contribution < 1.29 is 53.9 Å². The molecule has 8 atom stereocenters. The maximum absolute atomic E-state index is 15.5. The number of aromatic hydroxyl groups is 3. The second-order valence-corrected chi connectivity index (χ2v) is 41.0. The van der Waals surface area contributed by atoms with Crippen LogP contribution in [0.25, 0.3) is 44.6 Å². The molecule has 34 heteroatoms. The molecule has 0 saturated carbocycles. The van der Waals surface area contributed by atoms with Crippen molar-refractivity contribution in [2.45, 2.75) is 193 Å². The van der Waals surface area contributed by atoms with E-state index in [-0.39, 0.29) is 91.8 Å². The first-order chi connectivity index (χ1) is 66.0. The number of likely N-dealkylation sites (tertiary alicyclic amines) is 6. The zero-order valence-electron chi connectivity index (χ0n) is 78.9. The number of anilines is 3. The normalized spacial score (nSPS) is 21.6. The minimum absolute atomic E-state index is 0.0121. The third-order valence-corrected chi connectivity index (χ3v) is 29.8. The molecular formula is C103H121N23O11. The number of H-pyrrole nitrogens is 2. The van der Waals surface area contributed by atoms with Crippen LogP contribution in [0.1, 0.15) is 175 Å². The lowest BCUT2D eigenvalue weighted by Crippen LogP contribution is -2.74. The molecule has 714 valence electrons. The number of urea groups is 2. The summed E-state index contributed by atoms with van der Waals surface area (Å²) in [4.78, 5) is 147. The van der Waals surface area contributed by atoms with Crippen LogP contribution < -0.4 is 36.0 Å². The SMILES string of the molecule is C#Cc1ccc(CNC(=O)[C@@H]2C[C@@H](OO[C@@H]3C[C@@H](C(=O)NCc4ccc(C#C)cc4O)N(C(=O)[C@@H](NC(=O)N4CCC(N5CCC(c6cnc(N7CCc8[nH]c9nnc(-c%10ccccc%10O)cc9c8[C@H]7C)nc6)CC5)CC4)C(C)(C)C)C3)CN2C(=O)[C@@H](NC(=O)N2CC3(CN(CC4CCN(c5cnc(N6CCc7[nH]c8nnc(-c9ccccc9O)cc8c7[C@@H]6C)nc5)CC4)C3)C2)C(C)(C)C)cc1. The fourth-order valence-corrected chi connectivity index (χ4v) is 22.1. The van der Waals surface area contributed by atoms with Gasteiger partial charge in [0.1, 0.15) is 53.6 Å². The number of piperidine rings is 3. The summed E-state index contributed by atoms with van der Waals surface area (Å²) in [7, 11) is 0. The van der Waals surface area contributed by atoms with Gasteiger partial charge < -0.3 is 90.7 Å². The molecule has 1 spiro atoms. The first-order valence-electron chi connectivity index (χ1n) is 48.1. The molecule has 0 aliphatic carbocycles. The summed E-state index contributed by atoms with van der Waals surface area (Å²) in [6, 6.07) is 25.1. The summed E-state index contributed by atoms with van der Waals surface area (Å²) in [5.41, 5.74) is 11.0. The van der Waals surface area contributed by atoms with Gasteiger partial charge in [-0.3, -0.25) is 19.2 Å². The highest BCUT2D eigenvalue weighted by Gasteiger charge is 2.55. The van der Waals surface area contributed by atoms with Gasteiger partial charge in [-0.25, -0.2) is 39.3 Å². The molecule has 9 N–H and O–H groups in total. The fraction of sp³-hybridized carbons (Fsp3) is 0.476. The zero-order chi connectivity index (χ0) is 95.5. The van der Waals surface area contributed by atoms with Gasteiger partial charge in [-0.15, -0.1) is 33.2 Å². The Morgan fingerprint density at radius 1 is 0.540 bits per heavy atom. The lowest BCUT2D eigenvalue weighted by Gasteiger charge is -2.61. The Hall–Kier alpha value is -13.5. The lowest BCUT2D eigenvalue weighted by molar-refractivity contribution is -0.345. The highest BCUT2D eigenvalue weighted by atomic mass is 17.2. The number of amides is 8. The molecule has 0 unspecified atom stereocenters. The summed E-state index contributed by atoms with van der Waals surface area (Å²) >= 11 is 0. The monoisotopic (exact) mass is 1860 g/mol. The number of benzene rings is 4. The number of hydrogen-bond donors (Lipinski definition) is 9. The van der Waals surface area contributed by atoms with E-state index in [0.29, 0.717) is 94.5 Å². The van der Waals surface area contributed by atoms with E-state index in [9.17, 15) is 34.5 Å². The van der Waals surface area contributed by atoms with Gasteiger partial charge in [-0.05, 0) is 160 Å². The number of hydrogen-bond acceptors (Lipinski definition) is 24. The number of rotatable bonds is 22. The van der Waals surface area contributed by atoms with E-state index >= 15 is 9.59 Å². The maximum Gasteiger partial charge on any atom is 0.318 e. The summed E-state index contributed by atoms with van der Waals surface area (Å²) in [5.74, 6) is 5.41. The van der Waals surface area contributed by atoms with Crippen LogP contribution in [0.5, 0.6) is 17.2 Å². The number of aromatic amines is 2. The molecule has 6 aromatic heterocycles. The van der Waals surface area contributed by atoms with Gasteiger partial charge in [-0.1, -0.05) is 95.8 Å². The minimum atomic E-state index is -1.15. The predicted octanol–water partition coefficient (Wildman–Crippen LogP) is 10.4. The summed E-state index contributed by atoms with van der Waals surface area (Å²) in [6.07, 6.45) is 24.2. The number of phenols is 3. The molecule has 137 heavy (non-hydrogen) atoms. The molecular weight excluding hydrogens is 1740 g/mol. The third-order valence-electron chi connectivity index (χ3n) is 29.8. The molecule has 7 saturated heterocycles. The van der Waals surface area contributed by atoms with Crippen LogP contribution in [0.2, 0.25) is 0 Å². The second-order valence-electron chi connectivity index (χ2n) is 41.0. The number of fused-ring (bicyclic) bond motifs is 6. The van der Waals surface area contributed by atoms with E-state index < -0.39 is 76.9 Å². The van der Waals surface area contributed by atoms with Crippen molar-refractivity contribution in [3.8, 4) is 64.5 Å². The van der Waals surface area contributed by atoms with Crippen LogP contribution in [-0.2, 0) is 54.9 Å². The Balaban J connectivity index is 0.458. The number of para-hydroxylation sites is 2. The molecule has 9 aliphatic heterocycles. The average molecular weight is 1860 g/mol. The van der Waals surface area contributed by atoms with Crippen molar-refractivity contribution in [1.82, 2.24) is 101 Å². The third kappa shape index (κ3) is 19.2. The van der Waals surface area contributed by atoms with Crippen molar-refractivity contribution in [1.29, 1.82) is 0 Å². The highest BCUT2D eigenvalue weighted by molar-refractivity contribution is 5.95. The van der Waals surface area contributed by atoms with Crippen LogP contribution in [0.3, 0.4) is 0 Å². The van der Waals surface area contributed by atoms with Crippen molar-refractivity contribution in [3.05, 3.63) is 178 Å². The van der Waals surface area contributed by atoms with Gasteiger partial charge >= 0.3 is 12.1 Å². The van der Waals surface area contributed by atoms with Crippen molar-refractivity contribution >= 4 is 75.3 Å². The van der Waals surface area contributed by atoms with Gasteiger partial charge in [0, 0.05) is 196 Å². The van der Waals surface area contributed by atoms with Crippen LogP contribution >= 0.6 is 0 Å². The molecule has 34 nitrogen and oxygen atoms in total. The number of terminal acetylenes is 2. The number of nitrogens with zero attached hydrogens (tertiary/aromatic N) is 17. The fourth-order valence-electron chi connectivity index (χ4n) is 22.1. The maximum atomic E-state index is 15.5. The number of carbonyl (C=O) groups is 6. The number of aromatic nitrogens is 10. The van der Waals surface area contributed by atoms with Crippen molar-refractivity contribution in [3.63, 3.8) is 0 Å². The average Bonchev–Trinajstić information content (AvgIpc) is 1.16. The molecule has 4 aromatic carbocycles. The first kappa shape index (κ1) is 92.5. The number of carbonyl (C=O) groups excluding carboxylic acids is 6. The van der Waals surface area contributed by atoms with E-state index in [1.54, 1.807) is 58.3 Å². The van der Waals surface area contributed by atoms with Crippen molar-refractivity contribution in [2.24, 2.45) is 22.2 Å². The van der Waals surface area contributed by atoms with Gasteiger partial charge in [-0.2, -0.15) is 0 Å². The van der Waals surface area contributed by atoms with Gasteiger partial charge in [0.15, 0.2) is 11.3 Å². The molecule has 0 bridgehead atoms. The predicted molar refractivity (Wildman–Crippen MR) is 516 cm³/mol. The summed E-state index contributed by atoms with van der Waals surface area (Å²) < 4.78 is 0. The quantitative estimate of drug-likeness (QED) is 0.0173. The smallest absolute Gasteiger partial charge is 0.318 e. The Morgan fingerprint density at radius 3 is 1.53 bits per heavy atom. The Bertz CT molecular complexity index is 6260. The first-order valence-corrected chi connectivity index (χ1v) is 48.1. The van der Waals surface area contributed by atoms with Crippen LogP contribution in [-0.4, -0.2) is 271 Å². The number of phenolic OH excluding ortho intramolecular Hbond substituents is 3. The number of nitrogens with one attached hydrogen (secondary N) is 6. The van der Waals surface area contributed by atoms with E-state index in [0.717, 1.165) is 160 Å². The Morgan fingerprint density at radius 2 is 1.03 bits per heavy atom. The topological polar surface area (TPSA) is 394 Å². The standard InChI is InChI=1S/C103H121N23O11/c1-11-63-21-23-65(24-22-63)48-104-93(130)82-44-72(55-125(82)96(133)90(102(8,9)10)113-100(135)122-59-103(60-122)57-118(58-103)54-66-27-35-120(36-28-66)71-52-108-98(109-53-71)124-42-34-79-88(62(124)4)77-47-81(115-117-92(77)111-79)75-18-14-16-20-85(75)128)136-137-73-45-83(94(131)105-49-68-26-25-64(12-2)43-86(68)129)126(56-73)95(132)89(101(5,6)7)112-99(134)121-39-31-70(32-40-121)119-37-29-67(30-38-119)69-50-106-97(107-51-69)123-41-33-78-87(61(123)3)76-46-80(114-116-91(76)110-78)74-17-13-15-19-84(74)127/h1-2,13-26,43,46-47,50-53,61-62,66-67,70,72-73,82-83,89-90,127-129H,27-42,44-45,48-49,54-60H2,3-10H3,(H,104,130)(H,105,131)(H,110,116)(H,111,117)(H,112,134)(H,113,135)/t61-,62+,72-,73-,82+,83+,89-,90-/m1/s1. The largest absolute Gasteiger partial charge is 0.508 e. The molecule has 8 amide bonds. The molecule has 10 aromatic rings. The Kier molecular flexibility index (Phi) is 25.8. The molecule has 19 rings (SSSR count). The van der Waals surface area contributed by atoms with Crippen molar-refractivity contribution in [2.75, 3.05) is 113 Å². The van der Waals surface area contributed by atoms with E-state index in [1.807, 2.05) is 115 Å². The lowest BCUT2D eigenvalue weighted by atomic mass is 9.72. The van der Waals surface area contributed by atoms with Crippen LogP contribution in [0.4, 0.5) is 27.2 Å². The molecule has 15 heterocycles. The van der Waals surface area contributed by atoms with E-state index in [1.165, 1.54) is 15.9 Å². The zero-order valence-corrected chi connectivity index (χ0v) is 78.9. The van der Waals surface area contributed by atoms with Crippen LogP contribution in [0.15, 0.2) is 128 Å². The van der Waals surface area contributed by atoms with Gasteiger partial charge in [0.2, 0.25) is 35.5 Å². The molecule has 9 aliphatic rings. The second kappa shape index (κ2) is 38.2. The summed E-state index contributed by atoms with van der Waals surface area (Å²) in [6.45, 7) is 25.0. The Labute approximate surface area is 796 Å². The minimum Gasteiger partial charge on any atom is -0.508 e. The molecule has 0 radical (unpaired) electrons. The highest BCUT2D eigenvalue weighted by Crippen LogP contribution is 2.45. The van der Waals surface area contributed by atoms with E-state index in [2.05, 4.69) is 102 Å². The van der Waals surface area contributed by atoms with Gasteiger partial charge in [0.25, 0.3) is 0 Å². The molecule has 7 fully saturated rings. The van der Waals surface area contributed by atoms with E-state index in [4.69, 9.17) is 42.6 Å². The summed E-state index contributed by atoms with van der Waals surface area (Å²) in [5, 5.41) is 64.2. The van der Waals surface area contributed by atoms with Gasteiger partial charge in [0.05, 0.1) is 54.6 Å². The van der Waals surface area contributed by atoms with Crippen LogP contribution in [0, 0.1) is 46.9 Å².